The Morgan fingerprint density at radius 1 is 1.00 bits per heavy atom. The molecule has 0 atom stereocenters. The molecule has 3 rings (SSSR count). The van der Waals surface area contributed by atoms with Gasteiger partial charge in [0.05, 0.1) is 21.3 Å². The molecule has 0 saturated carbocycles. The molecule has 0 unspecified atom stereocenters. The van der Waals surface area contributed by atoms with Crippen LogP contribution < -0.4 is 5.32 Å². The van der Waals surface area contributed by atoms with Crippen LogP contribution in [-0.2, 0) is 19.6 Å². The first-order valence-electron chi connectivity index (χ1n) is 8.90. The fraction of sp³-hybridized carbons (Fsp3) is 0.263. The van der Waals surface area contributed by atoms with Crippen molar-refractivity contribution in [3.63, 3.8) is 0 Å². The molecule has 0 radical (unpaired) electrons. The molecule has 7 nitrogen and oxygen atoms in total. The van der Waals surface area contributed by atoms with E-state index in [4.69, 9.17) is 39.5 Å². The third-order valence-corrected chi connectivity index (χ3v) is 7.32. The van der Waals surface area contributed by atoms with E-state index in [-0.39, 0.29) is 20.5 Å². The van der Waals surface area contributed by atoms with E-state index in [1.165, 1.54) is 28.6 Å². The molecule has 1 N–H and O–H groups in total. The normalized spacial score (nSPS) is 14.5. The van der Waals surface area contributed by atoms with Crippen LogP contribution in [0.1, 0.15) is 23.2 Å². The van der Waals surface area contributed by atoms with Gasteiger partial charge in [-0.15, -0.1) is 0 Å². The molecule has 1 aliphatic rings. The standard InChI is InChI=1S/C19H17Cl3N2O5S/c20-13-4-6-16(15(22)10-13)23-18(25)11-29-19(26)12-3-5-14(21)17(9-12)30(27,28)24-7-1-2-8-24/h3-6,9-10H,1-2,7-8,11H2,(H,23,25). The number of sulfonamides is 1. The second-order valence-corrected chi connectivity index (χ2v) is 9.66. The molecular weight excluding hydrogens is 475 g/mol. The first-order valence-corrected chi connectivity index (χ1v) is 11.5. The van der Waals surface area contributed by atoms with Crippen LogP contribution >= 0.6 is 34.8 Å². The van der Waals surface area contributed by atoms with Crippen LogP contribution in [0.5, 0.6) is 0 Å². The number of ether oxygens (including phenoxy) is 1. The number of esters is 1. The minimum atomic E-state index is -3.82. The Balaban J connectivity index is 1.67. The van der Waals surface area contributed by atoms with Gasteiger partial charge in [-0.2, -0.15) is 4.31 Å². The first kappa shape index (κ1) is 22.8. The maximum Gasteiger partial charge on any atom is 0.338 e. The predicted octanol–water partition coefficient (Wildman–Crippen LogP) is 4.23. The number of rotatable bonds is 6. The second-order valence-electron chi connectivity index (χ2n) is 6.50. The number of halogens is 3. The van der Waals surface area contributed by atoms with Crippen molar-refractivity contribution in [2.24, 2.45) is 0 Å². The lowest BCUT2D eigenvalue weighted by Gasteiger charge is -2.17. The van der Waals surface area contributed by atoms with Crippen LogP contribution in [0, 0.1) is 0 Å². The molecule has 2 aromatic carbocycles. The van der Waals surface area contributed by atoms with Crippen LogP contribution in [0.25, 0.3) is 0 Å². The molecular formula is C19H17Cl3N2O5S. The SMILES string of the molecule is O=C(COC(=O)c1ccc(Cl)c(S(=O)(=O)N2CCCC2)c1)Nc1ccc(Cl)cc1Cl. The van der Waals surface area contributed by atoms with Crippen molar-refractivity contribution in [1.29, 1.82) is 0 Å². The fourth-order valence-electron chi connectivity index (χ4n) is 2.89. The lowest BCUT2D eigenvalue weighted by atomic mass is 10.2. The summed E-state index contributed by atoms with van der Waals surface area (Å²) in [5, 5.41) is 3.15. The number of carbonyl (C=O) groups is 2. The predicted molar refractivity (Wildman–Crippen MR) is 115 cm³/mol. The minimum Gasteiger partial charge on any atom is -0.452 e. The lowest BCUT2D eigenvalue weighted by molar-refractivity contribution is -0.119. The average molecular weight is 492 g/mol. The quantitative estimate of drug-likeness (QED) is 0.611. The smallest absolute Gasteiger partial charge is 0.338 e. The van der Waals surface area contributed by atoms with E-state index < -0.39 is 28.5 Å². The van der Waals surface area contributed by atoms with Gasteiger partial charge in [-0.1, -0.05) is 34.8 Å². The lowest BCUT2D eigenvalue weighted by Crippen LogP contribution is -2.28. The van der Waals surface area contributed by atoms with E-state index in [1.807, 2.05) is 0 Å². The van der Waals surface area contributed by atoms with Gasteiger partial charge in [-0.05, 0) is 49.2 Å². The molecule has 0 aromatic heterocycles. The van der Waals surface area contributed by atoms with Crippen molar-refractivity contribution in [1.82, 2.24) is 4.31 Å². The van der Waals surface area contributed by atoms with Gasteiger partial charge in [0, 0.05) is 18.1 Å². The van der Waals surface area contributed by atoms with Gasteiger partial charge in [0.1, 0.15) is 4.90 Å². The summed E-state index contributed by atoms with van der Waals surface area (Å²) in [6.45, 7) is 0.218. The van der Waals surface area contributed by atoms with E-state index in [0.29, 0.717) is 23.8 Å². The van der Waals surface area contributed by atoms with Crippen LogP contribution in [0.15, 0.2) is 41.3 Å². The molecule has 1 saturated heterocycles. The monoisotopic (exact) mass is 490 g/mol. The van der Waals surface area contributed by atoms with Crippen molar-refractivity contribution >= 4 is 62.4 Å². The highest BCUT2D eigenvalue weighted by Crippen LogP contribution is 2.28. The number of benzene rings is 2. The van der Waals surface area contributed by atoms with Gasteiger partial charge in [0.15, 0.2) is 6.61 Å². The minimum absolute atomic E-state index is 0.00794. The van der Waals surface area contributed by atoms with Gasteiger partial charge < -0.3 is 10.1 Å². The zero-order valence-electron chi connectivity index (χ0n) is 15.5. The topological polar surface area (TPSA) is 92.8 Å². The van der Waals surface area contributed by atoms with Crippen LogP contribution in [0.3, 0.4) is 0 Å². The van der Waals surface area contributed by atoms with E-state index in [0.717, 1.165) is 18.9 Å². The molecule has 1 aliphatic heterocycles. The highest BCUT2D eigenvalue weighted by atomic mass is 35.5. The van der Waals surface area contributed by atoms with Gasteiger partial charge >= 0.3 is 5.97 Å². The Bertz CT molecular complexity index is 1090. The number of amides is 1. The molecule has 0 spiro atoms. The van der Waals surface area contributed by atoms with E-state index >= 15 is 0 Å². The number of anilines is 1. The summed E-state index contributed by atoms with van der Waals surface area (Å²) < 4.78 is 31.8. The third kappa shape index (κ3) is 5.25. The molecule has 1 amide bonds. The Hall–Kier alpha value is -1.84. The Labute approximate surface area is 188 Å². The number of hydrogen-bond acceptors (Lipinski definition) is 5. The zero-order chi connectivity index (χ0) is 21.9. The molecule has 30 heavy (non-hydrogen) atoms. The number of nitrogens with zero attached hydrogens (tertiary/aromatic N) is 1. The summed E-state index contributed by atoms with van der Waals surface area (Å²) in [6, 6.07) is 8.33. The maximum absolute atomic E-state index is 12.8. The summed E-state index contributed by atoms with van der Waals surface area (Å²) in [5.41, 5.74) is 0.280. The highest BCUT2D eigenvalue weighted by molar-refractivity contribution is 7.89. The van der Waals surface area contributed by atoms with Crippen molar-refractivity contribution in [2.45, 2.75) is 17.7 Å². The first-order chi connectivity index (χ1) is 14.2. The van der Waals surface area contributed by atoms with Gasteiger partial charge in [0.25, 0.3) is 5.91 Å². The number of nitrogens with one attached hydrogen (secondary N) is 1. The van der Waals surface area contributed by atoms with Crippen molar-refractivity contribution in [3.8, 4) is 0 Å². The highest BCUT2D eigenvalue weighted by Gasteiger charge is 2.30. The third-order valence-electron chi connectivity index (χ3n) is 4.39. The molecule has 1 fully saturated rings. The summed E-state index contributed by atoms with van der Waals surface area (Å²) in [6.07, 6.45) is 1.54. The largest absolute Gasteiger partial charge is 0.452 e. The van der Waals surface area contributed by atoms with E-state index in [9.17, 15) is 18.0 Å². The average Bonchev–Trinajstić information content (AvgIpc) is 3.24. The maximum atomic E-state index is 12.8. The van der Waals surface area contributed by atoms with Crippen molar-refractivity contribution < 1.29 is 22.7 Å². The zero-order valence-corrected chi connectivity index (χ0v) is 18.6. The second kappa shape index (κ2) is 9.53. The Morgan fingerprint density at radius 2 is 1.70 bits per heavy atom. The molecule has 160 valence electrons. The van der Waals surface area contributed by atoms with Crippen molar-refractivity contribution in [3.05, 3.63) is 57.0 Å². The van der Waals surface area contributed by atoms with Gasteiger partial charge in [-0.3, -0.25) is 4.79 Å². The number of carbonyl (C=O) groups excluding carboxylic acids is 2. The van der Waals surface area contributed by atoms with Crippen molar-refractivity contribution in [2.75, 3.05) is 25.0 Å². The Morgan fingerprint density at radius 3 is 2.37 bits per heavy atom. The molecule has 0 bridgehead atoms. The van der Waals surface area contributed by atoms with E-state index in [1.54, 1.807) is 6.07 Å². The fourth-order valence-corrected chi connectivity index (χ4v) is 5.36. The summed E-state index contributed by atoms with van der Waals surface area (Å²) >= 11 is 17.8. The Kier molecular flexibility index (Phi) is 7.26. The molecule has 1 heterocycles. The summed E-state index contributed by atoms with van der Waals surface area (Å²) in [5.74, 6) is -1.48. The summed E-state index contributed by atoms with van der Waals surface area (Å²) in [4.78, 5) is 24.2. The van der Waals surface area contributed by atoms with Gasteiger partial charge in [0.2, 0.25) is 10.0 Å². The van der Waals surface area contributed by atoms with E-state index in [2.05, 4.69) is 5.32 Å². The van der Waals surface area contributed by atoms with Gasteiger partial charge in [-0.25, -0.2) is 13.2 Å². The van der Waals surface area contributed by atoms with Crippen LogP contribution in [0.4, 0.5) is 5.69 Å². The number of hydrogen-bond donors (Lipinski definition) is 1. The van der Waals surface area contributed by atoms with Crippen LogP contribution in [0.2, 0.25) is 15.1 Å². The summed E-state index contributed by atoms with van der Waals surface area (Å²) in [7, 11) is -3.82. The molecule has 11 heteroatoms. The van der Waals surface area contributed by atoms with Crippen LogP contribution in [-0.4, -0.2) is 44.3 Å². The molecule has 0 aliphatic carbocycles. The molecule has 2 aromatic rings.